The summed E-state index contributed by atoms with van der Waals surface area (Å²) in [5.41, 5.74) is -0.656. The largest absolute Gasteiger partial charge is 0.381 e. The van der Waals surface area contributed by atoms with Gasteiger partial charge in [-0.1, -0.05) is 0 Å². The van der Waals surface area contributed by atoms with Crippen LogP contribution in [0.15, 0.2) is 0 Å². The molecular formula is C2H5ClOS. The molecule has 0 rings (SSSR count). The maximum absolute atomic E-state index is 8.09. The number of thiol groups is 1. The van der Waals surface area contributed by atoms with Gasteiger partial charge in [-0.15, -0.1) is 24.2 Å². The molecule has 0 aliphatic rings. The van der Waals surface area contributed by atoms with Crippen LogP contribution in [0.4, 0.5) is 0 Å². The van der Waals surface area contributed by atoms with Crippen molar-refractivity contribution in [3.63, 3.8) is 0 Å². The smallest absolute Gasteiger partial charge is 0.110 e. The summed E-state index contributed by atoms with van der Waals surface area (Å²) in [6.45, 7) is 0. The number of alkyl halides is 1. The van der Waals surface area contributed by atoms with E-state index in [0.717, 1.165) is 0 Å². The maximum atomic E-state index is 8.09. The van der Waals surface area contributed by atoms with Gasteiger partial charge in [-0.3, -0.25) is 0 Å². The Morgan fingerprint density at radius 3 is 2.20 bits per heavy atom. The molecule has 0 aromatic carbocycles. The molecule has 0 fully saturated rings. The zero-order valence-electron chi connectivity index (χ0n) is 2.56. The lowest BCUT2D eigenvalue weighted by atomic mass is 10.9. The molecule has 0 aromatic rings. The van der Waals surface area contributed by atoms with Crippen LogP contribution in [-0.2, 0) is 0 Å². The zero-order valence-corrected chi connectivity index (χ0v) is 4.21. The predicted molar refractivity (Wildman–Crippen MR) is 25.7 cm³/mol. The van der Waals surface area contributed by atoms with Gasteiger partial charge in [-0.25, -0.2) is 0 Å². The summed E-state index contributed by atoms with van der Waals surface area (Å²) in [5, 5.41) is 8.09. The highest BCUT2D eigenvalue weighted by molar-refractivity contribution is 7.80. The summed E-state index contributed by atoms with van der Waals surface area (Å²) in [7, 11) is 0. The second kappa shape index (κ2) is 2.82. The normalized spacial score (nSPS) is 15.0. The summed E-state index contributed by atoms with van der Waals surface area (Å²) in [5.74, 6) is 0.198. The van der Waals surface area contributed by atoms with Crippen LogP contribution >= 0.6 is 24.2 Å². The first-order valence-corrected chi connectivity index (χ1v) is 2.24. The number of aliphatic hydroxyl groups excluding tert-OH is 1. The van der Waals surface area contributed by atoms with Crippen LogP contribution in [0.3, 0.4) is 0 Å². The van der Waals surface area contributed by atoms with Crippen molar-refractivity contribution in [2.45, 2.75) is 5.44 Å². The number of aliphatic hydroxyl groups is 1. The van der Waals surface area contributed by atoms with Crippen molar-refractivity contribution in [1.82, 2.24) is 0 Å². The third-order valence-corrected chi connectivity index (χ3v) is 0.828. The van der Waals surface area contributed by atoms with Crippen LogP contribution in [0.1, 0.15) is 0 Å². The molecule has 0 aromatic heterocycles. The third-order valence-electron chi connectivity index (χ3n) is 0.138. The summed E-state index contributed by atoms with van der Waals surface area (Å²) >= 11 is 8.53. The van der Waals surface area contributed by atoms with E-state index in [1.165, 1.54) is 0 Å². The molecule has 0 heterocycles. The minimum atomic E-state index is -0.656. The molecule has 5 heavy (non-hydrogen) atoms. The Morgan fingerprint density at radius 2 is 2.20 bits per heavy atom. The van der Waals surface area contributed by atoms with Crippen molar-refractivity contribution >= 4 is 24.2 Å². The fourth-order valence-corrected chi connectivity index (χ4v) is 0. The van der Waals surface area contributed by atoms with Crippen molar-refractivity contribution in [2.24, 2.45) is 0 Å². The van der Waals surface area contributed by atoms with E-state index in [4.69, 9.17) is 16.7 Å². The van der Waals surface area contributed by atoms with Crippen molar-refractivity contribution in [3.8, 4) is 0 Å². The van der Waals surface area contributed by atoms with Crippen LogP contribution in [0.5, 0.6) is 0 Å². The Hall–Kier alpha value is 0.600. The van der Waals surface area contributed by atoms with E-state index in [2.05, 4.69) is 12.6 Å². The van der Waals surface area contributed by atoms with Gasteiger partial charge in [0.05, 0.1) is 5.88 Å². The highest BCUT2D eigenvalue weighted by Crippen LogP contribution is 1.88. The van der Waals surface area contributed by atoms with Crippen LogP contribution in [-0.4, -0.2) is 16.4 Å². The molecule has 0 spiro atoms. The monoisotopic (exact) mass is 112 g/mol. The first kappa shape index (κ1) is 5.60. The van der Waals surface area contributed by atoms with E-state index in [-0.39, 0.29) is 5.88 Å². The van der Waals surface area contributed by atoms with E-state index in [9.17, 15) is 0 Å². The first-order valence-electron chi connectivity index (χ1n) is 1.19. The van der Waals surface area contributed by atoms with Crippen LogP contribution in [0, 0.1) is 0 Å². The van der Waals surface area contributed by atoms with Crippen molar-refractivity contribution in [2.75, 3.05) is 5.88 Å². The fraction of sp³-hybridized carbons (Fsp3) is 1.00. The predicted octanol–water partition coefficient (Wildman–Crippen LogP) is 0.473. The number of hydrogen-bond acceptors (Lipinski definition) is 2. The highest BCUT2D eigenvalue weighted by atomic mass is 35.5. The van der Waals surface area contributed by atoms with Crippen LogP contribution in [0.2, 0.25) is 0 Å². The molecule has 1 unspecified atom stereocenters. The van der Waals surface area contributed by atoms with Gasteiger partial charge in [-0.05, 0) is 0 Å². The highest BCUT2D eigenvalue weighted by Gasteiger charge is 1.85. The van der Waals surface area contributed by atoms with Gasteiger partial charge in [0, 0.05) is 0 Å². The lowest BCUT2D eigenvalue weighted by Crippen LogP contribution is -1.94. The summed E-state index contributed by atoms with van der Waals surface area (Å²) in [6, 6.07) is 0. The molecule has 1 atom stereocenters. The quantitative estimate of drug-likeness (QED) is 0.287. The molecule has 0 saturated heterocycles. The second-order valence-electron chi connectivity index (χ2n) is 0.635. The van der Waals surface area contributed by atoms with Gasteiger partial charge in [0.25, 0.3) is 0 Å². The van der Waals surface area contributed by atoms with E-state index in [1.807, 2.05) is 0 Å². The number of halogens is 1. The Balaban J connectivity index is 2.54. The molecule has 0 radical (unpaired) electrons. The molecule has 0 bridgehead atoms. The molecule has 0 saturated carbocycles. The summed E-state index contributed by atoms with van der Waals surface area (Å²) < 4.78 is 0. The summed E-state index contributed by atoms with van der Waals surface area (Å²) in [4.78, 5) is 0. The van der Waals surface area contributed by atoms with E-state index in [1.54, 1.807) is 0 Å². The molecule has 32 valence electrons. The Kier molecular flexibility index (Phi) is 3.16. The van der Waals surface area contributed by atoms with Gasteiger partial charge in [0.2, 0.25) is 0 Å². The Labute approximate surface area is 41.4 Å². The van der Waals surface area contributed by atoms with Gasteiger partial charge in [-0.2, -0.15) is 0 Å². The third kappa shape index (κ3) is 4.60. The number of hydrogen-bond donors (Lipinski definition) is 2. The lowest BCUT2D eigenvalue weighted by molar-refractivity contribution is 0.289. The summed E-state index contributed by atoms with van der Waals surface area (Å²) in [6.07, 6.45) is 0. The Morgan fingerprint density at radius 1 is 2.00 bits per heavy atom. The molecule has 1 nitrogen and oxygen atoms in total. The minimum absolute atomic E-state index is 0.198. The van der Waals surface area contributed by atoms with E-state index in [0.29, 0.717) is 0 Å². The van der Waals surface area contributed by atoms with Crippen molar-refractivity contribution < 1.29 is 5.11 Å². The maximum Gasteiger partial charge on any atom is 0.110 e. The van der Waals surface area contributed by atoms with Gasteiger partial charge in [0.1, 0.15) is 5.44 Å². The molecule has 0 aliphatic heterocycles. The molecule has 1 N–H and O–H groups in total. The molecule has 3 heteroatoms. The number of rotatable bonds is 1. The zero-order chi connectivity index (χ0) is 4.28. The topological polar surface area (TPSA) is 20.2 Å². The van der Waals surface area contributed by atoms with Crippen LogP contribution < -0.4 is 0 Å². The van der Waals surface area contributed by atoms with Crippen molar-refractivity contribution in [3.05, 3.63) is 0 Å². The SMILES string of the molecule is OC(S)CCl. The molecular weight excluding hydrogens is 108 g/mol. The van der Waals surface area contributed by atoms with Crippen molar-refractivity contribution in [1.29, 1.82) is 0 Å². The van der Waals surface area contributed by atoms with Crippen LogP contribution in [0.25, 0.3) is 0 Å². The second-order valence-corrected chi connectivity index (χ2v) is 1.54. The fourth-order valence-electron chi connectivity index (χ4n) is 0. The average molecular weight is 113 g/mol. The standard InChI is InChI=1S/C2H5ClOS/c3-1-2(4)5/h2,4-5H,1H2. The van der Waals surface area contributed by atoms with E-state index < -0.39 is 5.44 Å². The molecule has 0 amide bonds. The lowest BCUT2D eigenvalue weighted by Gasteiger charge is -1.87. The molecule has 0 aliphatic carbocycles. The van der Waals surface area contributed by atoms with Gasteiger partial charge < -0.3 is 5.11 Å². The average Bonchev–Trinajstić information content (AvgIpc) is 1.38. The Bertz CT molecular complexity index is 23.6. The van der Waals surface area contributed by atoms with Gasteiger partial charge >= 0.3 is 0 Å². The minimum Gasteiger partial charge on any atom is -0.381 e. The first-order chi connectivity index (χ1) is 2.27. The van der Waals surface area contributed by atoms with E-state index >= 15 is 0 Å². The van der Waals surface area contributed by atoms with Gasteiger partial charge in [0.15, 0.2) is 0 Å².